The lowest BCUT2D eigenvalue weighted by Crippen LogP contribution is -1.95. The minimum Gasteiger partial charge on any atom is -0.468 e. The summed E-state index contributed by atoms with van der Waals surface area (Å²) in [5.74, 6) is 1.00. The first-order valence-electron chi connectivity index (χ1n) is 4.52. The second-order valence-electron chi connectivity index (χ2n) is 3.55. The minimum absolute atomic E-state index is 0.724. The van der Waals surface area contributed by atoms with Crippen LogP contribution in [0.2, 0.25) is 0 Å². The second kappa shape index (κ2) is 2.38. The predicted octanol–water partition coefficient (Wildman–Crippen LogP) is 2.00. The molecule has 2 aromatic rings. The zero-order valence-corrected chi connectivity index (χ0v) is 7.78. The number of rotatable bonds is 1. The largest absolute Gasteiger partial charge is 0.468 e. The summed E-state index contributed by atoms with van der Waals surface area (Å²) in [5.41, 5.74) is 4.15. The number of nitrogens with zero attached hydrogens (tertiary/aromatic N) is 1. The lowest BCUT2D eigenvalue weighted by molar-refractivity contribution is 0.111. The molecule has 0 fully saturated rings. The first-order valence-corrected chi connectivity index (χ1v) is 4.52. The summed E-state index contributed by atoms with van der Waals surface area (Å²) in [6, 6.07) is 3.88. The number of hydrogen-bond acceptors (Lipinski definition) is 2. The Morgan fingerprint density at radius 3 is 3.21 bits per heavy atom. The van der Waals surface area contributed by atoms with Crippen LogP contribution in [0, 0.1) is 0 Å². The number of carbonyl (C=O) groups excluding carboxylic acids is 1. The van der Waals surface area contributed by atoms with Gasteiger partial charge in [-0.15, -0.1) is 0 Å². The molecule has 0 spiro atoms. The van der Waals surface area contributed by atoms with Gasteiger partial charge in [0.05, 0.1) is 17.7 Å². The Morgan fingerprint density at radius 1 is 1.57 bits per heavy atom. The van der Waals surface area contributed by atoms with Gasteiger partial charge < -0.3 is 8.98 Å². The van der Waals surface area contributed by atoms with Crippen molar-refractivity contribution in [3.05, 3.63) is 35.4 Å². The van der Waals surface area contributed by atoms with E-state index in [1.54, 1.807) is 6.26 Å². The van der Waals surface area contributed by atoms with Crippen LogP contribution in [0.25, 0.3) is 11.3 Å². The van der Waals surface area contributed by atoms with E-state index >= 15 is 0 Å². The first-order chi connectivity index (χ1) is 6.81. The third-order valence-electron chi connectivity index (χ3n) is 2.82. The average molecular weight is 187 g/mol. The van der Waals surface area contributed by atoms with Crippen LogP contribution < -0.4 is 0 Å². The normalized spacial score (nSPS) is 12.6. The SMILES string of the molecule is Cn1c(C=O)cc2c1-c1ccoc1C2. The van der Waals surface area contributed by atoms with Crippen LogP contribution in [-0.2, 0) is 13.5 Å². The predicted molar refractivity (Wildman–Crippen MR) is 51.3 cm³/mol. The lowest BCUT2D eigenvalue weighted by atomic mass is 10.2. The van der Waals surface area contributed by atoms with E-state index in [0.717, 1.165) is 35.4 Å². The monoisotopic (exact) mass is 187 g/mol. The van der Waals surface area contributed by atoms with Crippen LogP contribution in [0.1, 0.15) is 21.8 Å². The van der Waals surface area contributed by atoms with Crippen molar-refractivity contribution in [2.24, 2.45) is 7.05 Å². The first kappa shape index (κ1) is 7.62. The molecular weight excluding hydrogens is 178 g/mol. The topological polar surface area (TPSA) is 35.1 Å². The van der Waals surface area contributed by atoms with Crippen molar-refractivity contribution in [1.29, 1.82) is 0 Å². The number of fused-ring (bicyclic) bond motifs is 3. The van der Waals surface area contributed by atoms with Crippen LogP contribution in [-0.4, -0.2) is 10.9 Å². The Hall–Kier alpha value is -1.77. The van der Waals surface area contributed by atoms with Gasteiger partial charge in [0, 0.05) is 19.0 Å². The molecule has 0 aromatic carbocycles. The molecule has 0 aliphatic heterocycles. The summed E-state index contributed by atoms with van der Waals surface area (Å²) in [5, 5.41) is 0. The third kappa shape index (κ3) is 0.744. The van der Waals surface area contributed by atoms with Gasteiger partial charge in [-0.05, 0) is 17.7 Å². The fraction of sp³-hybridized carbons (Fsp3) is 0.182. The fourth-order valence-corrected chi connectivity index (χ4v) is 2.15. The summed E-state index contributed by atoms with van der Waals surface area (Å²) in [6.07, 6.45) is 3.39. The highest BCUT2D eigenvalue weighted by molar-refractivity contribution is 5.81. The summed E-state index contributed by atoms with van der Waals surface area (Å²) in [7, 11) is 1.91. The van der Waals surface area contributed by atoms with E-state index in [4.69, 9.17) is 4.42 Å². The van der Waals surface area contributed by atoms with Gasteiger partial charge in [-0.3, -0.25) is 4.79 Å². The van der Waals surface area contributed by atoms with Gasteiger partial charge in [0.15, 0.2) is 6.29 Å². The van der Waals surface area contributed by atoms with Crippen LogP contribution in [0.4, 0.5) is 0 Å². The lowest BCUT2D eigenvalue weighted by Gasteiger charge is -2.00. The molecule has 14 heavy (non-hydrogen) atoms. The van der Waals surface area contributed by atoms with Crippen molar-refractivity contribution < 1.29 is 9.21 Å². The minimum atomic E-state index is 0.724. The second-order valence-corrected chi connectivity index (χ2v) is 3.55. The van der Waals surface area contributed by atoms with E-state index in [9.17, 15) is 4.79 Å². The molecule has 3 rings (SSSR count). The molecule has 3 heteroatoms. The van der Waals surface area contributed by atoms with Gasteiger partial charge in [-0.25, -0.2) is 0 Å². The van der Waals surface area contributed by atoms with Crippen LogP contribution >= 0.6 is 0 Å². The summed E-state index contributed by atoms with van der Waals surface area (Å²) < 4.78 is 7.26. The Morgan fingerprint density at radius 2 is 2.43 bits per heavy atom. The number of hydrogen-bond donors (Lipinski definition) is 0. The Labute approximate surface area is 81.0 Å². The highest BCUT2D eigenvalue weighted by Gasteiger charge is 2.25. The van der Waals surface area contributed by atoms with E-state index in [-0.39, 0.29) is 0 Å². The molecule has 1 aliphatic carbocycles. The van der Waals surface area contributed by atoms with Crippen LogP contribution in [0.5, 0.6) is 0 Å². The molecule has 2 aromatic heterocycles. The fourth-order valence-electron chi connectivity index (χ4n) is 2.15. The van der Waals surface area contributed by atoms with Crippen LogP contribution in [0.15, 0.2) is 22.8 Å². The molecular formula is C11H9NO2. The molecule has 0 radical (unpaired) electrons. The highest BCUT2D eigenvalue weighted by Crippen LogP contribution is 2.38. The molecule has 70 valence electrons. The maximum Gasteiger partial charge on any atom is 0.166 e. The standard InChI is InChI=1S/C11H9NO2/c1-12-8(6-13)4-7-5-10-9(11(7)12)2-3-14-10/h2-4,6H,5H2,1H3. The molecule has 2 heterocycles. The number of carbonyl (C=O) groups is 1. The maximum atomic E-state index is 10.7. The van der Waals surface area contributed by atoms with Crippen molar-refractivity contribution in [1.82, 2.24) is 4.57 Å². The molecule has 0 N–H and O–H groups in total. The van der Waals surface area contributed by atoms with Gasteiger partial charge >= 0.3 is 0 Å². The van der Waals surface area contributed by atoms with Gasteiger partial charge in [0.1, 0.15) is 5.76 Å². The smallest absolute Gasteiger partial charge is 0.166 e. The molecule has 1 aliphatic rings. The highest BCUT2D eigenvalue weighted by atomic mass is 16.3. The van der Waals surface area contributed by atoms with Crippen molar-refractivity contribution in [3.8, 4) is 11.3 Å². The van der Waals surface area contributed by atoms with E-state index in [0.29, 0.717) is 0 Å². The van der Waals surface area contributed by atoms with Gasteiger partial charge in [-0.2, -0.15) is 0 Å². The Kier molecular flexibility index (Phi) is 1.29. The number of aromatic nitrogens is 1. The Balaban J connectivity index is 2.32. The van der Waals surface area contributed by atoms with Gasteiger partial charge in [-0.1, -0.05) is 0 Å². The summed E-state index contributed by atoms with van der Waals surface area (Å²) >= 11 is 0. The van der Waals surface area contributed by atoms with E-state index in [1.807, 2.05) is 23.7 Å². The average Bonchev–Trinajstić information content (AvgIpc) is 2.76. The van der Waals surface area contributed by atoms with Crippen molar-refractivity contribution in [2.75, 3.05) is 0 Å². The molecule has 3 nitrogen and oxygen atoms in total. The van der Waals surface area contributed by atoms with Crippen molar-refractivity contribution >= 4 is 6.29 Å². The number of aldehydes is 1. The molecule has 0 amide bonds. The summed E-state index contributed by atoms with van der Waals surface area (Å²) in [6.45, 7) is 0. The third-order valence-corrected chi connectivity index (χ3v) is 2.82. The molecule has 0 unspecified atom stereocenters. The van der Waals surface area contributed by atoms with Crippen molar-refractivity contribution in [3.63, 3.8) is 0 Å². The zero-order valence-electron chi connectivity index (χ0n) is 7.78. The van der Waals surface area contributed by atoms with Crippen molar-refractivity contribution in [2.45, 2.75) is 6.42 Å². The maximum absolute atomic E-state index is 10.7. The van der Waals surface area contributed by atoms with Crippen LogP contribution in [0.3, 0.4) is 0 Å². The summed E-state index contributed by atoms with van der Waals surface area (Å²) in [4.78, 5) is 10.7. The zero-order chi connectivity index (χ0) is 9.71. The van der Waals surface area contributed by atoms with E-state index < -0.39 is 0 Å². The Bertz CT molecular complexity index is 519. The molecule has 0 saturated heterocycles. The molecule has 0 atom stereocenters. The van der Waals surface area contributed by atoms with E-state index in [1.165, 1.54) is 5.56 Å². The van der Waals surface area contributed by atoms with Gasteiger partial charge in [0.25, 0.3) is 0 Å². The van der Waals surface area contributed by atoms with E-state index in [2.05, 4.69) is 0 Å². The van der Waals surface area contributed by atoms with Gasteiger partial charge in [0.2, 0.25) is 0 Å². The molecule has 0 saturated carbocycles. The quantitative estimate of drug-likeness (QED) is 0.546. The number of furan rings is 1. The molecule has 0 bridgehead atoms.